The van der Waals surface area contributed by atoms with E-state index in [9.17, 15) is 9.18 Å². The van der Waals surface area contributed by atoms with Crippen molar-refractivity contribution in [3.63, 3.8) is 0 Å². The highest BCUT2D eigenvalue weighted by Crippen LogP contribution is 2.32. The Morgan fingerprint density at radius 1 is 1.05 bits per heavy atom. The average Bonchev–Trinajstić information content (AvgIpc) is 2.47. The fourth-order valence-corrected chi connectivity index (χ4v) is 3.65. The third-order valence-electron chi connectivity index (χ3n) is 4.89. The second-order valence-electron chi connectivity index (χ2n) is 7.67. The van der Waals surface area contributed by atoms with Crippen LogP contribution >= 0.6 is 0 Å². The number of hydrogen-bond donors (Lipinski definition) is 0. The molecule has 2 aliphatic rings. The van der Waals surface area contributed by atoms with Crippen LogP contribution in [0, 0.1) is 11.8 Å². The molecule has 0 radical (unpaired) electrons. The number of likely N-dealkylation sites (tertiary alicyclic amines) is 2. The van der Waals surface area contributed by atoms with E-state index in [0.29, 0.717) is 12.5 Å². The van der Waals surface area contributed by atoms with Crippen molar-refractivity contribution in [1.82, 2.24) is 9.80 Å². The number of halogens is 1. The molecule has 0 aliphatic carbocycles. The monoisotopic (exact) mass is 314 g/mol. The number of ether oxygens (including phenoxy) is 1. The fraction of sp³-hybridized carbons (Fsp3) is 0.941. The molecule has 0 aromatic rings. The summed E-state index contributed by atoms with van der Waals surface area (Å²) < 4.78 is 17.8. The molecule has 128 valence electrons. The average molecular weight is 314 g/mol. The van der Waals surface area contributed by atoms with Gasteiger partial charge in [-0.05, 0) is 71.4 Å². The Bertz CT molecular complexity index is 354. The van der Waals surface area contributed by atoms with Gasteiger partial charge in [0.05, 0.1) is 0 Å². The van der Waals surface area contributed by atoms with Crippen LogP contribution in [0.3, 0.4) is 0 Å². The second-order valence-corrected chi connectivity index (χ2v) is 7.67. The van der Waals surface area contributed by atoms with Gasteiger partial charge in [0.1, 0.15) is 12.3 Å². The standard InChI is InChI=1S/C17H31FN2O2/c1-17(2,3)22-16(21)20-11-6-15(7-12-20)14-4-9-19(10-5-14)13-8-18/h14-15H,4-13H2,1-3H3. The summed E-state index contributed by atoms with van der Waals surface area (Å²) in [5.41, 5.74) is -0.419. The van der Waals surface area contributed by atoms with Crippen molar-refractivity contribution >= 4 is 6.09 Å². The van der Waals surface area contributed by atoms with Crippen LogP contribution in [0.15, 0.2) is 0 Å². The number of carbonyl (C=O) groups excluding carboxylic acids is 1. The molecule has 0 atom stereocenters. The predicted octanol–water partition coefficient (Wildman–Crippen LogP) is 3.32. The van der Waals surface area contributed by atoms with E-state index in [-0.39, 0.29) is 12.8 Å². The third-order valence-corrected chi connectivity index (χ3v) is 4.89. The quantitative estimate of drug-likeness (QED) is 0.801. The molecule has 5 heteroatoms. The van der Waals surface area contributed by atoms with Crippen molar-refractivity contribution in [3.8, 4) is 0 Å². The van der Waals surface area contributed by atoms with Crippen LogP contribution < -0.4 is 0 Å². The summed E-state index contributed by atoms with van der Waals surface area (Å²) in [5.74, 6) is 1.46. The van der Waals surface area contributed by atoms with Gasteiger partial charge in [0, 0.05) is 19.6 Å². The van der Waals surface area contributed by atoms with Gasteiger partial charge in [-0.15, -0.1) is 0 Å². The summed E-state index contributed by atoms with van der Waals surface area (Å²) >= 11 is 0. The molecule has 2 aliphatic heterocycles. The molecule has 0 aromatic carbocycles. The van der Waals surface area contributed by atoms with Gasteiger partial charge in [0.2, 0.25) is 0 Å². The summed E-state index contributed by atoms with van der Waals surface area (Å²) in [7, 11) is 0. The summed E-state index contributed by atoms with van der Waals surface area (Å²) in [4.78, 5) is 16.1. The number of rotatable bonds is 3. The lowest BCUT2D eigenvalue weighted by molar-refractivity contribution is 0.0135. The number of carbonyl (C=O) groups is 1. The Kier molecular flexibility index (Phi) is 6.07. The van der Waals surface area contributed by atoms with E-state index >= 15 is 0 Å². The summed E-state index contributed by atoms with van der Waals surface area (Å²) in [6.45, 7) is 9.74. The van der Waals surface area contributed by atoms with Gasteiger partial charge >= 0.3 is 6.09 Å². The zero-order chi connectivity index (χ0) is 16.2. The summed E-state index contributed by atoms with van der Waals surface area (Å²) in [6, 6.07) is 0. The SMILES string of the molecule is CC(C)(C)OC(=O)N1CCC(C2CCN(CCF)CC2)CC1. The smallest absolute Gasteiger partial charge is 0.410 e. The lowest BCUT2D eigenvalue weighted by Crippen LogP contribution is -2.44. The molecule has 22 heavy (non-hydrogen) atoms. The van der Waals surface area contributed by atoms with Crippen molar-refractivity contribution in [1.29, 1.82) is 0 Å². The van der Waals surface area contributed by atoms with Crippen LogP contribution in [-0.4, -0.2) is 60.9 Å². The highest BCUT2D eigenvalue weighted by molar-refractivity contribution is 5.68. The summed E-state index contributed by atoms with van der Waals surface area (Å²) in [6.07, 6.45) is 4.33. The van der Waals surface area contributed by atoms with Crippen LogP contribution in [0.5, 0.6) is 0 Å². The van der Waals surface area contributed by atoms with E-state index in [1.54, 1.807) is 0 Å². The minimum Gasteiger partial charge on any atom is -0.444 e. The maximum atomic E-state index is 12.4. The van der Waals surface area contributed by atoms with E-state index in [0.717, 1.165) is 44.9 Å². The largest absolute Gasteiger partial charge is 0.444 e. The molecule has 2 heterocycles. The first kappa shape index (κ1) is 17.5. The van der Waals surface area contributed by atoms with Crippen LogP contribution in [0.1, 0.15) is 46.5 Å². The molecular weight excluding hydrogens is 283 g/mol. The Morgan fingerprint density at radius 3 is 2.00 bits per heavy atom. The minimum absolute atomic E-state index is 0.177. The van der Waals surface area contributed by atoms with Gasteiger partial charge in [0.15, 0.2) is 0 Å². The van der Waals surface area contributed by atoms with Gasteiger partial charge in [-0.1, -0.05) is 0 Å². The number of nitrogens with zero attached hydrogens (tertiary/aromatic N) is 2. The Balaban J connectivity index is 1.72. The predicted molar refractivity (Wildman–Crippen MR) is 85.7 cm³/mol. The zero-order valence-electron chi connectivity index (χ0n) is 14.3. The highest BCUT2D eigenvalue weighted by Gasteiger charge is 2.32. The topological polar surface area (TPSA) is 32.8 Å². The molecule has 2 fully saturated rings. The maximum absolute atomic E-state index is 12.4. The number of alkyl halides is 1. The van der Waals surface area contributed by atoms with E-state index in [2.05, 4.69) is 4.90 Å². The van der Waals surface area contributed by atoms with Crippen LogP contribution in [0.25, 0.3) is 0 Å². The fourth-order valence-electron chi connectivity index (χ4n) is 3.65. The first-order chi connectivity index (χ1) is 10.4. The van der Waals surface area contributed by atoms with E-state index < -0.39 is 5.60 Å². The molecule has 1 amide bonds. The van der Waals surface area contributed by atoms with Gasteiger partial charge < -0.3 is 14.5 Å². The first-order valence-corrected chi connectivity index (χ1v) is 8.65. The molecule has 0 saturated carbocycles. The number of hydrogen-bond acceptors (Lipinski definition) is 3. The van der Waals surface area contributed by atoms with Crippen molar-refractivity contribution in [2.75, 3.05) is 39.4 Å². The van der Waals surface area contributed by atoms with E-state index in [4.69, 9.17) is 4.74 Å². The highest BCUT2D eigenvalue weighted by atomic mass is 19.1. The maximum Gasteiger partial charge on any atom is 0.410 e. The number of amides is 1. The minimum atomic E-state index is -0.419. The van der Waals surface area contributed by atoms with Crippen molar-refractivity contribution in [3.05, 3.63) is 0 Å². The Morgan fingerprint density at radius 2 is 1.55 bits per heavy atom. The van der Waals surface area contributed by atoms with Crippen molar-refractivity contribution in [2.45, 2.75) is 52.1 Å². The molecule has 0 N–H and O–H groups in total. The molecule has 0 unspecified atom stereocenters. The van der Waals surface area contributed by atoms with Crippen molar-refractivity contribution < 1.29 is 13.9 Å². The van der Waals surface area contributed by atoms with Crippen molar-refractivity contribution in [2.24, 2.45) is 11.8 Å². The van der Waals surface area contributed by atoms with Gasteiger partial charge in [-0.25, -0.2) is 9.18 Å². The van der Waals surface area contributed by atoms with E-state index in [1.165, 1.54) is 12.8 Å². The normalized spacial score (nSPS) is 22.8. The van der Waals surface area contributed by atoms with Gasteiger partial charge in [0.25, 0.3) is 0 Å². The first-order valence-electron chi connectivity index (χ1n) is 8.65. The number of piperidine rings is 2. The molecule has 0 aromatic heterocycles. The van der Waals surface area contributed by atoms with Crippen LogP contribution in [0.2, 0.25) is 0 Å². The van der Waals surface area contributed by atoms with E-state index in [1.807, 2.05) is 25.7 Å². The van der Waals surface area contributed by atoms with Gasteiger partial charge in [-0.3, -0.25) is 0 Å². The second kappa shape index (κ2) is 7.62. The molecular formula is C17H31FN2O2. The molecule has 0 bridgehead atoms. The van der Waals surface area contributed by atoms with Gasteiger partial charge in [-0.2, -0.15) is 0 Å². The molecule has 2 saturated heterocycles. The lowest BCUT2D eigenvalue weighted by atomic mass is 9.79. The third kappa shape index (κ3) is 5.11. The summed E-state index contributed by atoms with van der Waals surface area (Å²) in [5, 5.41) is 0. The zero-order valence-corrected chi connectivity index (χ0v) is 14.3. The van der Waals surface area contributed by atoms with Crippen LogP contribution in [0.4, 0.5) is 9.18 Å². The lowest BCUT2D eigenvalue weighted by Gasteiger charge is -2.40. The van der Waals surface area contributed by atoms with Crippen LogP contribution in [-0.2, 0) is 4.74 Å². The molecule has 0 spiro atoms. The molecule has 4 nitrogen and oxygen atoms in total. The Labute approximate surface area is 134 Å². The Hall–Kier alpha value is -0.840. The molecule has 2 rings (SSSR count).